The standard InChI is InChI=1S/C16H12BrClF3N5O/c1-25-13(16(19,20)21)6-12(23-25)15(27)22-14-10(17)8-26(24-14)7-9-4-2-3-5-11(9)18/h2-6,8H,7H2,1H3,(H,22,24,27). The van der Waals surface area contributed by atoms with Crippen LogP contribution in [0, 0.1) is 0 Å². The van der Waals surface area contributed by atoms with Crippen LogP contribution in [0.5, 0.6) is 0 Å². The maximum absolute atomic E-state index is 12.8. The lowest BCUT2D eigenvalue weighted by molar-refractivity contribution is -0.143. The molecule has 0 fully saturated rings. The molecule has 0 aliphatic rings. The number of aromatic nitrogens is 4. The van der Waals surface area contributed by atoms with Gasteiger partial charge in [-0.1, -0.05) is 29.8 Å². The maximum atomic E-state index is 12.8. The zero-order chi connectivity index (χ0) is 19.8. The topological polar surface area (TPSA) is 64.7 Å². The lowest BCUT2D eigenvalue weighted by atomic mass is 10.2. The van der Waals surface area contributed by atoms with Crippen molar-refractivity contribution in [3.63, 3.8) is 0 Å². The Morgan fingerprint density at radius 1 is 1.30 bits per heavy atom. The van der Waals surface area contributed by atoms with E-state index in [4.69, 9.17) is 11.6 Å². The van der Waals surface area contributed by atoms with Gasteiger partial charge in [0.15, 0.2) is 11.5 Å². The summed E-state index contributed by atoms with van der Waals surface area (Å²) in [5, 5.41) is 10.8. The Hall–Kier alpha value is -2.33. The highest BCUT2D eigenvalue weighted by atomic mass is 79.9. The summed E-state index contributed by atoms with van der Waals surface area (Å²) in [6, 6.07) is 7.91. The molecular formula is C16H12BrClF3N5O. The lowest BCUT2D eigenvalue weighted by Crippen LogP contribution is -2.14. The molecule has 0 atom stereocenters. The predicted molar refractivity (Wildman–Crippen MR) is 96.6 cm³/mol. The molecule has 0 radical (unpaired) electrons. The number of halogens is 5. The molecule has 0 unspecified atom stereocenters. The van der Waals surface area contributed by atoms with Crippen LogP contribution in [0.15, 0.2) is 41.0 Å². The fourth-order valence-electron chi connectivity index (χ4n) is 2.38. The number of nitrogens with zero attached hydrogens (tertiary/aromatic N) is 4. The highest BCUT2D eigenvalue weighted by Gasteiger charge is 2.35. The first-order chi connectivity index (χ1) is 12.6. The van der Waals surface area contributed by atoms with Gasteiger partial charge in [0.25, 0.3) is 5.91 Å². The Kier molecular flexibility index (Phi) is 5.29. The van der Waals surface area contributed by atoms with Gasteiger partial charge in [-0.15, -0.1) is 0 Å². The molecule has 27 heavy (non-hydrogen) atoms. The summed E-state index contributed by atoms with van der Waals surface area (Å²) < 4.78 is 41.1. The fraction of sp³-hybridized carbons (Fsp3) is 0.188. The molecule has 0 spiro atoms. The van der Waals surface area contributed by atoms with Crippen molar-refractivity contribution in [1.82, 2.24) is 19.6 Å². The fourth-order valence-corrected chi connectivity index (χ4v) is 2.99. The summed E-state index contributed by atoms with van der Waals surface area (Å²) in [6.07, 6.45) is -2.98. The number of carbonyl (C=O) groups excluding carboxylic acids is 1. The molecule has 0 bridgehead atoms. The van der Waals surface area contributed by atoms with Crippen molar-refractivity contribution in [3.05, 3.63) is 63.0 Å². The number of amides is 1. The number of alkyl halides is 3. The molecule has 11 heteroatoms. The number of aryl methyl sites for hydroxylation is 1. The summed E-state index contributed by atoms with van der Waals surface area (Å²) in [4.78, 5) is 12.2. The zero-order valence-electron chi connectivity index (χ0n) is 13.8. The van der Waals surface area contributed by atoms with E-state index in [-0.39, 0.29) is 11.5 Å². The second kappa shape index (κ2) is 7.35. The monoisotopic (exact) mass is 461 g/mol. The van der Waals surface area contributed by atoms with Crippen molar-refractivity contribution < 1.29 is 18.0 Å². The molecule has 3 aromatic rings. The first-order valence-electron chi connectivity index (χ1n) is 7.54. The smallest absolute Gasteiger partial charge is 0.303 e. The number of nitrogens with one attached hydrogen (secondary N) is 1. The van der Waals surface area contributed by atoms with Crippen LogP contribution >= 0.6 is 27.5 Å². The molecule has 2 heterocycles. The van der Waals surface area contributed by atoms with Crippen molar-refractivity contribution in [2.24, 2.45) is 7.05 Å². The van der Waals surface area contributed by atoms with Crippen LogP contribution in [0.25, 0.3) is 0 Å². The molecule has 0 aliphatic carbocycles. The molecule has 0 saturated carbocycles. The second-order valence-corrected chi connectivity index (χ2v) is 6.87. The number of anilines is 1. The van der Waals surface area contributed by atoms with Crippen LogP contribution in [0.3, 0.4) is 0 Å². The average Bonchev–Trinajstić information content (AvgIpc) is 3.13. The van der Waals surface area contributed by atoms with E-state index in [0.29, 0.717) is 26.8 Å². The number of hydrogen-bond acceptors (Lipinski definition) is 3. The Balaban J connectivity index is 1.77. The summed E-state index contributed by atoms with van der Waals surface area (Å²) >= 11 is 9.38. The van der Waals surface area contributed by atoms with E-state index in [0.717, 1.165) is 12.6 Å². The first-order valence-corrected chi connectivity index (χ1v) is 8.71. The Morgan fingerprint density at radius 3 is 2.63 bits per heavy atom. The van der Waals surface area contributed by atoms with Crippen molar-refractivity contribution in [1.29, 1.82) is 0 Å². The van der Waals surface area contributed by atoms with Crippen LogP contribution in [-0.4, -0.2) is 25.5 Å². The summed E-state index contributed by atoms with van der Waals surface area (Å²) in [5.74, 6) is -0.643. The molecule has 1 amide bonds. The van der Waals surface area contributed by atoms with Crippen molar-refractivity contribution >= 4 is 39.3 Å². The van der Waals surface area contributed by atoms with Gasteiger partial charge in [-0.25, -0.2) is 0 Å². The van der Waals surface area contributed by atoms with Crippen molar-refractivity contribution in [3.8, 4) is 0 Å². The molecule has 0 aliphatic heterocycles. The van der Waals surface area contributed by atoms with Crippen LogP contribution < -0.4 is 5.32 Å². The van der Waals surface area contributed by atoms with Crippen molar-refractivity contribution in [2.45, 2.75) is 12.7 Å². The van der Waals surface area contributed by atoms with Crippen LogP contribution in [0.1, 0.15) is 21.7 Å². The minimum atomic E-state index is -4.60. The molecule has 1 N–H and O–H groups in total. The van der Waals surface area contributed by atoms with E-state index in [2.05, 4.69) is 31.4 Å². The van der Waals surface area contributed by atoms with Crippen molar-refractivity contribution in [2.75, 3.05) is 5.32 Å². The number of rotatable bonds is 4. The first kappa shape index (κ1) is 19.4. The number of benzene rings is 1. The highest BCUT2D eigenvalue weighted by Crippen LogP contribution is 2.29. The third-order valence-corrected chi connectivity index (χ3v) is 4.59. The van der Waals surface area contributed by atoms with E-state index < -0.39 is 17.8 Å². The Labute approximate surface area is 165 Å². The third-order valence-electron chi connectivity index (χ3n) is 3.64. The summed E-state index contributed by atoms with van der Waals surface area (Å²) in [6.45, 7) is 0.357. The minimum Gasteiger partial charge on any atom is -0.303 e. The van der Waals surface area contributed by atoms with Gasteiger partial charge in [-0.2, -0.15) is 23.4 Å². The molecule has 0 saturated heterocycles. The Bertz CT molecular complexity index is 998. The van der Waals surface area contributed by atoms with Gasteiger partial charge in [0.2, 0.25) is 0 Å². The molecule has 142 valence electrons. The third kappa shape index (κ3) is 4.33. The maximum Gasteiger partial charge on any atom is 0.433 e. The second-order valence-electron chi connectivity index (χ2n) is 5.60. The quantitative estimate of drug-likeness (QED) is 0.627. The van der Waals surface area contributed by atoms with Gasteiger partial charge in [-0.05, 0) is 27.6 Å². The lowest BCUT2D eigenvalue weighted by Gasteiger charge is -2.04. The van der Waals surface area contributed by atoms with Gasteiger partial charge in [-0.3, -0.25) is 14.2 Å². The van der Waals surface area contributed by atoms with Gasteiger partial charge in [0.05, 0.1) is 11.0 Å². The van der Waals surface area contributed by atoms with Gasteiger partial charge >= 0.3 is 6.18 Å². The zero-order valence-corrected chi connectivity index (χ0v) is 16.1. The number of hydrogen-bond donors (Lipinski definition) is 1. The average molecular weight is 463 g/mol. The summed E-state index contributed by atoms with van der Waals surface area (Å²) in [7, 11) is 1.12. The normalized spacial score (nSPS) is 11.6. The SMILES string of the molecule is Cn1nc(C(=O)Nc2nn(Cc3ccccc3Cl)cc2Br)cc1C(F)(F)F. The highest BCUT2D eigenvalue weighted by molar-refractivity contribution is 9.10. The molecule has 3 rings (SSSR count). The largest absolute Gasteiger partial charge is 0.433 e. The van der Waals surface area contributed by atoms with E-state index >= 15 is 0 Å². The molecular weight excluding hydrogens is 451 g/mol. The Morgan fingerprint density at radius 2 is 2.00 bits per heavy atom. The van der Waals surface area contributed by atoms with Crippen LogP contribution in [0.2, 0.25) is 5.02 Å². The van der Waals surface area contributed by atoms with E-state index in [1.807, 2.05) is 12.1 Å². The van der Waals surface area contributed by atoms with Crippen LogP contribution in [0.4, 0.5) is 19.0 Å². The van der Waals surface area contributed by atoms with E-state index in [1.165, 1.54) is 0 Å². The summed E-state index contributed by atoms with van der Waals surface area (Å²) in [5.41, 5.74) is -0.556. The van der Waals surface area contributed by atoms with Gasteiger partial charge in [0, 0.05) is 24.3 Å². The molecule has 1 aromatic carbocycles. The van der Waals surface area contributed by atoms with Gasteiger partial charge in [0.1, 0.15) is 5.69 Å². The number of carbonyl (C=O) groups is 1. The predicted octanol–water partition coefficient (Wildman–Crippen LogP) is 4.35. The minimum absolute atomic E-state index is 0.159. The van der Waals surface area contributed by atoms with E-state index in [9.17, 15) is 18.0 Å². The van der Waals surface area contributed by atoms with E-state index in [1.54, 1.807) is 23.0 Å². The molecule has 2 aromatic heterocycles. The molecule has 6 nitrogen and oxygen atoms in total. The van der Waals surface area contributed by atoms with Gasteiger partial charge < -0.3 is 5.32 Å². The van der Waals surface area contributed by atoms with Crippen LogP contribution in [-0.2, 0) is 19.8 Å².